The van der Waals surface area contributed by atoms with Gasteiger partial charge in [0, 0.05) is 31.2 Å². The molecule has 1 aromatic heterocycles. The minimum absolute atomic E-state index is 0.108. The molecule has 0 unspecified atom stereocenters. The minimum Gasteiger partial charge on any atom is -0.497 e. The van der Waals surface area contributed by atoms with E-state index in [0.717, 1.165) is 36.4 Å². The van der Waals surface area contributed by atoms with Gasteiger partial charge >= 0.3 is 0 Å². The van der Waals surface area contributed by atoms with E-state index in [1.54, 1.807) is 16.6 Å². The molecule has 5 rings (SSSR count). The van der Waals surface area contributed by atoms with E-state index < -0.39 is 0 Å². The highest BCUT2D eigenvalue weighted by Crippen LogP contribution is 2.40. The Morgan fingerprint density at radius 2 is 1.92 bits per heavy atom. The fraction of sp³-hybridized carbons (Fsp3) is 0.393. The van der Waals surface area contributed by atoms with E-state index in [2.05, 4.69) is 10.6 Å². The number of aromatic nitrogens is 2. The zero-order valence-electron chi connectivity index (χ0n) is 21.0. The highest BCUT2D eigenvalue weighted by molar-refractivity contribution is 5.82. The van der Waals surface area contributed by atoms with E-state index in [-0.39, 0.29) is 23.8 Å². The van der Waals surface area contributed by atoms with Crippen LogP contribution in [0.2, 0.25) is 0 Å². The van der Waals surface area contributed by atoms with Crippen molar-refractivity contribution in [3.05, 3.63) is 87.7 Å². The van der Waals surface area contributed by atoms with Crippen molar-refractivity contribution < 1.29 is 13.9 Å². The average molecular weight is 506 g/mol. The number of carbonyl (C=O) groups excluding carboxylic acids is 1. The molecule has 9 heteroatoms. The highest BCUT2D eigenvalue weighted by atomic mass is 19.1. The molecular formula is C28H32FN5O3. The Hall–Kier alpha value is -3.72. The first-order chi connectivity index (χ1) is 18.0. The van der Waals surface area contributed by atoms with Gasteiger partial charge in [-0.3, -0.25) is 9.59 Å². The highest BCUT2D eigenvalue weighted by Gasteiger charge is 2.37. The number of piperazine rings is 1. The fourth-order valence-corrected chi connectivity index (χ4v) is 4.83. The summed E-state index contributed by atoms with van der Waals surface area (Å²) in [6.07, 6.45) is 4.45. The topological polar surface area (TPSA) is 88.5 Å². The lowest BCUT2D eigenvalue weighted by Crippen LogP contribution is -2.50. The van der Waals surface area contributed by atoms with Gasteiger partial charge in [-0.1, -0.05) is 24.3 Å². The molecule has 8 nitrogen and oxygen atoms in total. The minimum atomic E-state index is -0.209. The van der Waals surface area contributed by atoms with Crippen LogP contribution in [0.4, 0.5) is 10.2 Å². The molecule has 0 spiro atoms. The largest absolute Gasteiger partial charge is 0.497 e. The second-order valence-electron chi connectivity index (χ2n) is 9.67. The molecular weight excluding hydrogens is 473 g/mol. The van der Waals surface area contributed by atoms with Crippen LogP contribution in [0, 0.1) is 5.82 Å². The third-order valence-electron chi connectivity index (χ3n) is 6.96. The SMILES string of the molecule is COc1ccc(Cn2cc(CCCN[C@@H]3C[C@H]3c3ccc(F)cc3)nc(N3CCNC(=O)C3)c2=O)cc1. The molecule has 2 fully saturated rings. The lowest BCUT2D eigenvalue weighted by molar-refractivity contribution is -0.120. The second kappa shape index (κ2) is 11.1. The number of hydrogen-bond donors (Lipinski definition) is 2. The first kappa shape index (κ1) is 25.0. The molecule has 37 heavy (non-hydrogen) atoms. The molecule has 1 saturated heterocycles. The molecule has 1 saturated carbocycles. The van der Waals surface area contributed by atoms with E-state index in [9.17, 15) is 14.0 Å². The van der Waals surface area contributed by atoms with Crippen LogP contribution >= 0.6 is 0 Å². The first-order valence-corrected chi connectivity index (χ1v) is 12.7. The second-order valence-corrected chi connectivity index (χ2v) is 9.67. The molecule has 0 radical (unpaired) electrons. The Bertz CT molecular complexity index is 1290. The van der Waals surface area contributed by atoms with Crippen LogP contribution in [-0.4, -0.2) is 54.8 Å². The summed E-state index contributed by atoms with van der Waals surface area (Å²) >= 11 is 0. The van der Waals surface area contributed by atoms with Crippen molar-refractivity contribution in [1.29, 1.82) is 0 Å². The number of aryl methyl sites for hydroxylation is 1. The summed E-state index contributed by atoms with van der Waals surface area (Å²) < 4.78 is 20.1. The summed E-state index contributed by atoms with van der Waals surface area (Å²) in [5.74, 6) is 1.20. The van der Waals surface area contributed by atoms with Gasteiger partial charge in [0.1, 0.15) is 11.6 Å². The fourth-order valence-electron chi connectivity index (χ4n) is 4.83. The van der Waals surface area contributed by atoms with E-state index in [1.807, 2.05) is 42.6 Å². The number of methoxy groups -OCH3 is 1. The Labute approximate surface area is 215 Å². The lowest BCUT2D eigenvalue weighted by Gasteiger charge is -2.27. The number of amides is 1. The number of anilines is 1. The molecule has 1 aliphatic heterocycles. The molecule has 1 amide bonds. The van der Waals surface area contributed by atoms with Crippen molar-refractivity contribution in [3.8, 4) is 5.75 Å². The molecule has 2 aromatic carbocycles. The predicted molar refractivity (Wildman–Crippen MR) is 140 cm³/mol. The van der Waals surface area contributed by atoms with Gasteiger partial charge < -0.3 is 24.8 Å². The van der Waals surface area contributed by atoms with Gasteiger partial charge in [-0.05, 0) is 61.2 Å². The summed E-state index contributed by atoms with van der Waals surface area (Å²) in [4.78, 5) is 31.8. The lowest BCUT2D eigenvalue weighted by atomic mass is 10.1. The summed E-state index contributed by atoms with van der Waals surface area (Å²) in [6.45, 7) is 2.40. The summed E-state index contributed by atoms with van der Waals surface area (Å²) in [7, 11) is 1.62. The van der Waals surface area contributed by atoms with Crippen LogP contribution in [0.5, 0.6) is 5.75 Å². The monoisotopic (exact) mass is 505 g/mol. The maximum absolute atomic E-state index is 13.3. The van der Waals surface area contributed by atoms with Crippen LogP contribution < -0.4 is 25.8 Å². The van der Waals surface area contributed by atoms with Gasteiger partial charge in [-0.25, -0.2) is 9.37 Å². The van der Waals surface area contributed by atoms with Gasteiger partial charge in [0.2, 0.25) is 5.91 Å². The molecule has 3 aromatic rings. The molecule has 2 aliphatic rings. The van der Waals surface area contributed by atoms with Gasteiger partial charge in [-0.15, -0.1) is 0 Å². The van der Waals surface area contributed by atoms with Crippen LogP contribution in [-0.2, 0) is 17.8 Å². The third-order valence-corrected chi connectivity index (χ3v) is 6.96. The van der Waals surface area contributed by atoms with Crippen LogP contribution in [0.25, 0.3) is 0 Å². The number of nitrogens with one attached hydrogen (secondary N) is 2. The average Bonchev–Trinajstić information content (AvgIpc) is 3.68. The quantitative estimate of drug-likeness (QED) is 0.412. The number of hydrogen-bond acceptors (Lipinski definition) is 6. The maximum atomic E-state index is 13.3. The number of carbonyl (C=O) groups is 1. The van der Waals surface area contributed by atoms with Crippen molar-refractivity contribution in [2.45, 2.75) is 37.8 Å². The Balaban J connectivity index is 1.25. The molecule has 2 heterocycles. The van der Waals surface area contributed by atoms with Crippen molar-refractivity contribution >= 4 is 11.7 Å². The zero-order chi connectivity index (χ0) is 25.8. The molecule has 194 valence electrons. The predicted octanol–water partition coefficient (Wildman–Crippen LogP) is 2.45. The van der Waals surface area contributed by atoms with E-state index in [1.165, 1.54) is 17.7 Å². The first-order valence-electron chi connectivity index (χ1n) is 12.7. The third kappa shape index (κ3) is 6.17. The molecule has 1 aliphatic carbocycles. The summed E-state index contributed by atoms with van der Waals surface area (Å²) in [6, 6.07) is 14.8. The molecule has 2 N–H and O–H groups in total. The van der Waals surface area contributed by atoms with Gasteiger partial charge in [-0.2, -0.15) is 0 Å². The van der Waals surface area contributed by atoms with Crippen molar-refractivity contribution in [3.63, 3.8) is 0 Å². The van der Waals surface area contributed by atoms with Crippen LogP contribution in [0.3, 0.4) is 0 Å². The Morgan fingerprint density at radius 3 is 2.65 bits per heavy atom. The normalized spacial score (nSPS) is 19.0. The van der Waals surface area contributed by atoms with Gasteiger partial charge in [0.25, 0.3) is 5.56 Å². The summed E-state index contributed by atoms with van der Waals surface area (Å²) in [5, 5.41) is 6.39. The van der Waals surface area contributed by atoms with E-state index in [4.69, 9.17) is 9.72 Å². The molecule has 2 atom stereocenters. The van der Waals surface area contributed by atoms with Crippen LogP contribution in [0.15, 0.2) is 59.5 Å². The smallest absolute Gasteiger partial charge is 0.293 e. The Morgan fingerprint density at radius 1 is 1.14 bits per heavy atom. The number of rotatable bonds is 10. The van der Waals surface area contributed by atoms with Crippen molar-refractivity contribution in [2.75, 3.05) is 38.2 Å². The van der Waals surface area contributed by atoms with E-state index in [0.29, 0.717) is 43.8 Å². The maximum Gasteiger partial charge on any atom is 0.293 e. The van der Waals surface area contributed by atoms with Crippen molar-refractivity contribution in [1.82, 2.24) is 20.2 Å². The number of benzene rings is 2. The van der Waals surface area contributed by atoms with Gasteiger partial charge in [0.05, 0.1) is 25.9 Å². The van der Waals surface area contributed by atoms with Crippen molar-refractivity contribution in [2.24, 2.45) is 0 Å². The number of nitrogens with zero attached hydrogens (tertiary/aromatic N) is 3. The standard InChI is InChI=1S/C28H32FN5O3/c1-37-23-10-4-19(5-11-23)16-34-17-22(32-27(28(34)36)33-14-13-31-26(35)18-33)3-2-12-30-25-15-24(25)20-6-8-21(29)9-7-20/h4-11,17,24-25,30H,2-3,12-16,18H2,1H3,(H,31,35)/t24-,25+/m0/s1. The number of halogens is 1. The zero-order valence-corrected chi connectivity index (χ0v) is 21.0. The van der Waals surface area contributed by atoms with Gasteiger partial charge in [0.15, 0.2) is 5.82 Å². The summed E-state index contributed by atoms with van der Waals surface area (Å²) in [5.41, 5.74) is 2.76. The number of ether oxygens (including phenoxy) is 1. The Kier molecular flexibility index (Phi) is 7.50. The molecule has 0 bridgehead atoms. The van der Waals surface area contributed by atoms with Crippen LogP contribution in [0.1, 0.15) is 35.6 Å². The van der Waals surface area contributed by atoms with E-state index >= 15 is 0 Å².